The van der Waals surface area contributed by atoms with Crippen LogP contribution in [0.3, 0.4) is 0 Å². The van der Waals surface area contributed by atoms with E-state index in [9.17, 15) is 23.3 Å². The van der Waals surface area contributed by atoms with E-state index in [1.54, 1.807) is 4.90 Å². The van der Waals surface area contributed by atoms with Crippen molar-refractivity contribution in [1.29, 1.82) is 0 Å². The average molecular weight is 807 g/mol. The molecule has 0 saturated carbocycles. The van der Waals surface area contributed by atoms with Gasteiger partial charge >= 0.3 is 0 Å². The third-order valence-corrected chi connectivity index (χ3v) is 14.4. The van der Waals surface area contributed by atoms with Crippen molar-refractivity contribution in [3.63, 3.8) is 0 Å². The summed E-state index contributed by atoms with van der Waals surface area (Å²) in [6.45, 7) is 9.71. The number of hydrogen-bond acceptors (Lipinski definition) is 13. The van der Waals surface area contributed by atoms with Gasteiger partial charge in [0.15, 0.2) is 11.4 Å². The number of aromatic nitrogens is 2. The van der Waals surface area contributed by atoms with Crippen LogP contribution in [-0.2, 0) is 30.8 Å². The van der Waals surface area contributed by atoms with Crippen molar-refractivity contribution < 1.29 is 41.8 Å². The van der Waals surface area contributed by atoms with Gasteiger partial charge < -0.3 is 44.2 Å². The average Bonchev–Trinajstić information content (AvgIpc) is 3.57. The Hall–Kier alpha value is -4.75. The lowest BCUT2D eigenvalue weighted by Gasteiger charge is -2.45. The number of nitro groups is 1. The van der Waals surface area contributed by atoms with Crippen molar-refractivity contribution in [3.8, 4) is 11.6 Å². The Morgan fingerprint density at radius 3 is 2.62 bits per heavy atom. The van der Waals surface area contributed by atoms with E-state index in [0.717, 1.165) is 30.3 Å². The molecule has 4 aliphatic heterocycles. The van der Waals surface area contributed by atoms with Crippen LogP contribution in [0, 0.1) is 16.0 Å². The first-order chi connectivity index (χ1) is 26.8. The molecule has 0 spiro atoms. The molecule has 298 valence electrons. The minimum absolute atomic E-state index is 0.0238. The first kappa shape index (κ1) is 38.1. The molecule has 3 N–H and O–H groups in total. The zero-order valence-electron chi connectivity index (χ0n) is 31.6. The maximum absolute atomic E-state index is 14.9. The van der Waals surface area contributed by atoms with E-state index in [-0.39, 0.29) is 70.3 Å². The number of ether oxygens (including phenoxy) is 5. The van der Waals surface area contributed by atoms with Crippen molar-refractivity contribution >= 4 is 57.6 Å². The van der Waals surface area contributed by atoms with Crippen LogP contribution in [0.5, 0.6) is 11.6 Å². The van der Waals surface area contributed by atoms with Crippen molar-refractivity contribution in [2.24, 2.45) is 11.7 Å². The van der Waals surface area contributed by atoms with Crippen molar-refractivity contribution in [1.82, 2.24) is 9.55 Å². The van der Waals surface area contributed by atoms with Crippen LogP contribution >= 0.6 is 0 Å². The number of hydrogen-bond donors (Lipinski definition) is 2. The first-order valence-electron chi connectivity index (χ1n) is 18.9. The van der Waals surface area contributed by atoms with Gasteiger partial charge in [-0.2, -0.15) is 4.98 Å². The van der Waals surface area contributed by atoms with E-state index < -0.39 is 46.6 Å². The zero-order valence-corrected chi connectivity index (χ0v) is 33.4. The number of amides is 1. The third-order valence-electron chi connectivity index (χ3n) is 11.0. The second kappa shape index (κ2) is 15.0. The molecule has 0 radical (unpaired) electrons. The van der Waals surface area contributed by atoms with Gasteiger partial charge in [0.05, 0.1) is 44.7 Å². The van der Waals surface area contributed by atoms with E-state index in [4.69, 9.17) is 34.4 Å². The van der Waals surface area contributed by atoms with E-state index in [0.29, 0.717) is 44.2 Å². The second-order valence-corrected chi connectivity index (χ2v) is 23.5. The summed E-state index contributed by atoms with van der Waals surface area (Å²) >= 11 is 0. The molecule has 18 heteroatoms. The van der Waals surface area contributed by atoms with Crippen LogP contribution in [0.2, 0.25) is 25.7 Å². The van der Waals surface area contributed by atoms with Gasteiger partial charge in [-0.1, -0.05) is 25.7 Å². The number of nitrogens with two attached hydrogens (primary N) is 1. The molecule has 4 aliphatic rings. The van der Waals surface area contributed by atoms with Crippen molar-refractivity contribution in [3.05, 3.63) is 64.3 Å². The number of anilines is 3. The van der Waals surface area contributed by atoms with Crippen molar-refractivity contribution in [2.45, 2.75) is 79.7 Å². The highest BCUT2D eigenvalue weighted by atomic mass is 32.2. The monoisotopic (exact) mass is 806 g/mol. The number of primary amides is 1. The number of nitro benzene ring substituents is 1. The SMILES string of the molecule is C[Si](C)(C)CCOCn1ccc2cc3c(nc21)O[C@H]1COCC[C@@H]1N3c1c(C(N)=O)cccc1S(=O)(=O)c1cc2c(c([N+](=O)[O-])c1)N[C@@H](C1CCOCC1)CO2. The summed E-state index contributed by atoms with van der Waals surface area (Å²) in [5, 5.41) is 16.5. The Morgan fingerprint density at radius 1 is 1.09 bits per heavy atom. The molecular formula is C38H46N6O10SSi. The molecule has 0 aliphatic carbocycles. The largest absolute Gasteiger partial charge is 0.489 e. The zero-order chi connectivity index (χ0) is 39.4. The molecule has 1 amide bonds. The molecule has 6 heterocycles. The molecule has 56 heavy (non-hydrogen) atoms. The summed E-state index contributed by atoms with van der Waals surface area (Å²) in [4.78, 5) is 31.2. The fourth-order valence-electron chi connectivity index (χ4n) is 7.93. The number of rotatable bonds is 11. The van der Waals surface area contributed by atoms with E-state index in [2.05, 4.69) is 25.0 Å². The summed E-state index contributed by atoms with van der Waals surface area (Å²) in [5.41, 5.74) is 6.70. The Kier molecular flexibility index (Phi) is 10.2. The van der Waals surface area contributed by atoms with E-state index in [1.807, 2.05) is 22.9 Å². The van der Waals surface area contributed by atoms with Gasteiger partial charge in [0.1, 0.15) is 30.8 Å². The molecule has 2 aromatic carbocycles. The molecule has 0 unspecified atom stereocenters. The van der Waals surface area contributed by atoms with Gasteiger partial charge in [0.2, 0.25) is 15.7 Å². The van der Waals surface area contributed by atoms with Crippen LogP contribution < -0.4 is 25.4 Å². The van der Waals surface area contributed by atoms with E-state index in [1.165, 1.54) is 24.3 Å². The standard InChI is InChI=1S/C38H46N6O10SSi/c1-56(2,3)16-15-52-22-42-11-7-24-17-30-38(41-37(24)42)54-32-21-51-14-10-28(32)43(30)35-26(36(39)45)5-4-6-33(35)55(48,49)25-18-29(44(46)47)34-31(19-25)53-20-27(40-34)23-8-12-50-13-9-23/h4-7,11,17-19,23,27-28,32,40H,8-10,12-16,20-22H2,1-3H3,(H2,39,45)/t27-,28+,32+/m1/s1. The summed E-state index contributed by atoms with van der Waals surface area (Å²) in [5.74, 6) is -0.410. The Bertz CT molecular complexity index is 2290. The second-order valence-electron chi connectivity index (χ2n) is 15.9. The number of nitrogens with zero attached hydrogens (tertiary/aromatic N) is 4. The number of para-hydroxylation sites is 1. The number of carbonyl (C=O) groups excluding carboxylic acids is 1. The number of pyridine rings is 1. The highest BCUT2D eigenvalue weighted by Gasteiger charge is 2.44. The molecular weight excluding hydrogens is 761 g/mol. The maximum atomic E-state index is 14.9. The topological polar surface area (TPSA) is 200 Å². The lowest BCUT2D eigenvalue weighted by atomic mass is 9.91. The molecule has 3 atom stereocenters. The molecule has 2 aromatic heterocycles. The molecule has 4 aromatic rings. The van der Waals surface area contributed by atoms with Crippen LogP contribution in [0.25, 0.3) is 11.0 Å². The maximum Gasteiger partial charge on any atom is 0.297 e. The fraction of sp³-hybridized carbons (Fsp3) is 0.474. The normalized spacial score (nSPS) is 21.3. The Balaban J connectivity index is 1.22. The van der Waals surface area contributed by atoms with Crippen LogP contribution in [0.15, 0.2) is 58.5 Å². The van der Waals surface area contributed by atoms with Crippen molar-refractivity contribution in [2.75, 3.05) is 49.9 Å². The quantitative estimate of drug-likeness (QED) is 0.0837. The third kappa shape index (κ3) is 7.19. The number of nitrogens with one attached hydrogen (secondary N) is 1. The van der Waals surface area contributed by atoms with Crippen LogP contribution in [0.4, 0.5) is 22.7 Å². The summed E-state index contributed by atoms with van der Waals surface area (Å²) in [7, 11) is -5.88. The smallest absolute Gasteiger partial charge is 0.297 e. The highest BCUT2D eigenvalue weighted by Crippen LogP contribution is 2.49. The van der Waals surface area contributed by atoms with Gasteiger partial charge in [-0.15, -0.1) is 0 Å². The number of carbonyl (C=O) groups is 1. The number of sulfone groups is 1. The van der Waals surface area contributed by atoms with Crippen LogP contribution in [0.1, 0.15) is 29.6 Å². The predicted octanol–water partition coefficient (Wildman–Crippen LogP) is 5.48. The molecule has 2 fully saturated rings. The lowest BCUT2D eigenvalue weighted by Crippen LogP contribution is -2.53. The summed E-state index contributed by atoms with van der Waals surface area (Å²) < 4.78 is 61.6. The lowest BCUT2D eigenvalue weighted by molar-refractivity contribution is -0.384. The number of fused-ring (bicyclic) bond motifs is 4. The Labute approximate surface area is 325 Å². The summed E-state index contributed by atoms with van der Waals surface area (Å²) in [6, 6.07) is 10.7. The Morgan fingerprint density at radius 2 is 1.88 bits per heavy atom. The molecule has 2 saturated heterocycles. The minimum Gasteiger partial charge on any atom is -0.489 e. The minimum atomic E-state index is -4.59. The number of benzene rings is 2. The van der Waals surface area contributed by atoms with E-state index >= 15 is 0 Å². The fourth-order valence-corrected chi connectivity index (χ4v) is 10.2. The van der Waals surface area contributed by atoms with Gasteiger partial charge in [-0.05, 0) is 55.5 Å². The van der Waals surface area contributed by atoms with Gasteiger partial charge in [0, 0.05) is 58.2 Å². The van der Waals surface area contributed by atoms with Gasteiger partial charge in [-0.3, -0.25) is 14.9 Å². The molecule has 0 bridgehead atoms. The van der Waals surface area contributed by atoms with Crippen LogP contribution in [-0.4, -0.2) is 94.7 Å². The molecule has 16 nitrogen and oxygen atoms in total. The molecule has 8 rings (SSSR count). The van der Waals surface area contributed by atoms with Gasteiger partial charge in [-0.25, -0.2) is 8.42 Å². The first-order valence-corrected chi connectivity index (χ1v) is 24.1. The highest BCUT2D eigenvalue weighted by molar-refractivity contribution is 7.91. The van der Waals surface area contributed by atoms with Gasteiger partial charge in [0.25, 0.3) is 11.6 Å². The predicted molar refractivity (Wildman–Crippen MR) is 210 cm³/mol. The summed E-state index contributed by atoms with van der Waals surface area (Å²) in [6.07, 6.45) is 3.26.